The highest BCUT2D eigenvalue weighted by Crippen LogP contribution is 2.32. The molecule has 0 radical (unpaired) electrons. The molecule has 0 spiro atoms. The van der Waals surface area contributed by atoms with E-state index in [9.17, 15) is 0 Å². The average Bonchev–Trinajstić information content (AvgIpc) is 3.27. The van der Waals surface area contributed by atoms with Gasteiger partial charge in [-0.05, 0) is 57.8 Å². The lowest BCUT2D eigenvalue weighted by molar-refractivity contribution is 0.153. The normalized spacial score (nSPS) is 20.5. The summed E-state index contributed by atoms with van der Waals surface area (Å²) in [4.78, 5) is 12.0. The number of hydrogen-bond acceptors (Lipinski definition) is 5. The summed E-state index contributed by atoms with van der Waals surface area (Å²) >= 11 is 1.63. The maximum atomic E-state index is 4.86. The molecule has 24 heavy (non-hydrogen) atoms. The second-order valence-corrected chi connectivity index (χ2v) is 7.97. The number of likely N-dealkylation sites (tertiary alicyclic amines) is 1. The van der Waals surface area contributed by atoms with Crippen molar-refractivity contribution in [3.63, 3.8) is 0 Å². The lowest BCUT2D eigenvalue weighted by Gasteiger charge is -2.35. The Morgan fingerprint density at radius 3 is 2.58 bits per heavy atom. The average molecular weight is 343 g/mol. The molecule has 1 saturated heterocycles. The second kappa shape index (κ2) is 7.19. The van der Waals surface area contributed by atoms with Crippen LogP contribution in [-0.4, -0.2) is 34.0 Å². The molecule has 0 amide bonds. The van der Waals surface area contributed by atoms with Gasteiger partial charge < -0.3 is 10.2 Å². The molecular weight excluding hydrogens is 316 g/mol. The number of aryl methyl sites for hydroxylation is 1. The molecule has 5 heteroatoms. The number of rotatable bonds is 4. The van der Waals surface area contributed by atoms with Crippen molar-refractivity contribution >= 4 is 22.3 Å². The Bertz CT molecular complexity index is 670. The third kappa shape index (κ3) is 3.62. The van der Waals surface area contributed by atoms with Crippen molar-refractivity contribution < 1.29 is 0 Å². The van der Waals surface area contributed by atoms with Crippen LogP contribution in [0.3, 0.4) is 0 Å². The second-order valence-electron chi connectivity index (χ2n) is 7.12. The minimum atomic E-state index is 0.599. The Kier molecular flexibility index (Phi) is 4.81. The van der Waals surface area contributed by atoms with E-state index in [2.05, 4.69) is 32.7 Å². The predicted octanol–water partition coefficient (Wildman–Crippen LogP) is 4.71. The summed E-state index contributed by atoms with van der Waals surface area (Å²) in [5, 5.41) is 6.33. The van der Waals surface area contributed by atoms with Gasteiger partial charge in [0.15, 0.2) is 5.13 Å². The molecular formula is C19H26N4S. The quantitative estimate of drug-likeness (QED) is 0.873. The van der Waals surface area contributed by atoms with Crippen LogP contribution in [0.25, 0.3) is 0 Å². The monoisotopic (exact) mass is 342 g/mol. The minimum absolute atomic E-state index is 0.599. The summed E-state index contributed by atoms with van der Waals surface area (Å²) in [5.41, 5.74) is 2.29. The van der Waals surface area contributed by atoms with E-state index in [1.54, 1.807) is 11.3 Å². The van der Waals surface area contributed by atoms with Crippen LogP contribution < -0.4 is 5.32 Å². The Morgan fingerprint density at radius 2 is 1.88 bits per heavy atom. The summed E-state index contributed by atoms with van der Waals surface area (Å²) < 4.78 is 0. The third-order valence-corrected chi connectivity index (χ3v) is 6.29. The molecule has 2 aliphatic rings. The van der Waals surface area contributed by atoms with E-state index in [1.165, 1.54) is 57.3 Å². The molecule has 2 fully saturated rings. The number of pyridine rings is 1. The Morgan fingerprint density at radius 1 is 1.08 bits per heavy atom. The number of hydrogen-bond donors (Lipinski definition) is 1. The van der Waals surface area contributed by atoms with Gasteiger partial charge in [0.05, 0.1) is 5.69 Å². The van der Waals surface area contributed by atoms with E-state index in [4.69, 9.17) is 4.98 Å². The van der Waals surface area contributed by atoms with Crippen LogP contribution in [0, 0.1) is 6.92 Å². The van der Waals surface area contributed by atoms with E-state index in [-0.39, 0.29) is 0 Å². The van der Waals surface area contributed by atoms with Gasteiger partial charge in [-0.2, -0.15) is 0 Å². The highest BCUT2D eigenvalue weighted by atomic mass is 32.1. The maximum Gasteiger partial charge on any atom is 0.188 e. The van der Waals surface area contributed by atoms with E-state index in [0.717, 1.165) is 22.7 Å². The first-order valence-electron chi connectivity index (χ1n) is 9.18. The molecule has 1 aliphatic carbocycles. The molecule has 0 bridgehead atoms. The first-order valence-corrected chi connectivity index (χ1v) is 10.1. The van der Waals surface area contributed by atoms with Gasteiger partial charge in [-0.25, -0.2) is 9.97 Å². The molecule has 1 N–H and O–H groups in total. The van der Waals surface area contributed by atoms with Crippen LogP contribution in [0.5, 0.6) is 0 Å². The number of thiazole rings is 1. The van der Waals surface area contributed by atoms with Crippen molar-refractivity contribution in [2.24, 2.45) is 0 Å². The van der Waals surface area contributed by atoms with E-state index in [0.29, 0.717) is 5.92 Å². The van der Waals surface area contributed by atoms with Crippen LogP contribution in [0.15, 0.2) is 23.6 Å². The van der Waals surface area contributed by atoms with Crippen molar-refractivity contribution in [3.8, 4) is 0 Å². The molecule has 2 aromatic heterocycles. The van der Waals surface area contributed by atoms with E-state index < -0.39 is 0 Å². The predicted molar refractivity (Wildman–Crippen MR) is 100 cm³/mol. The van der Waals surface area contributed by atoms with Crippen LogP contribution in [0.1, 0.15) is 55.8 Å². The van der Waals surface area contributed by atoms with Gasteiger partial charge >= 0.3 is 0 Å². The van der Waals surface area contributed by atoms with Gasteiger partial charge in [-0.3, -0.25) is 0 Å². The fourth-order valence-corrected chi connectivity index (χ4v) is 4.79. The lowest BCUT2D eigenvalue weighted by Crippen LogP contribution is -2.39. The molecule has 0 unspecified atom stereocenters. The molecule has 1 aliphatic heterocycles. The van der Waals surface area contributed by atoms with Gasteiger partial charge in [-0.1, -0.05) is 18.9 Å². The van der Waals surface area contributed by atoms with Gasteiger partial charge in [0.25, 0.3) is 0 Å². The van der Waals surface area contributed by atoms with Crippen LogP contribution >= 0.6 is 11.3 Å². The molecule has 4 nitrogen and oxygen atoms in total. The first kappa shape index (κ1) is 16.0. The van der Waals surface area contributed by atoms with Crippen molar-refractivity contribution in [2.75, 3.05) is 18.4 Å². The summed E-state index contributed by atoms with van der Waals surface area (Å²) in [6.45, 7) is 4.49. The highest BCUT2D eigenvalue weighted by molar-refractivity contribution is 7.13. The largest absolute Gasteiger partial charge is 0.316 e. The number of nitrogens with one attached hydrogen (secondary N) is 1. The third-order valence-electron chi connectivity index (χ3n) is 5.41. The minimum Gasteiger partial charge on any atom is -0.316 e. The lowest BCUT2D eigenvalue weighted by atomic mass is 9.92. The zero-order chi connectivity index (χ0) is 16.4. The molecule has 1 saturated carbocycles. The van der Waals surface area contributed by atoms with Gasteiger partial charge in [0.1, 0.15) is 5.82 Å². The number of piperidine rings is 1. The smallest absolute Gasteiger partial charge is 0.188 e. The fraction of sp³-hybridized carbons (Fsp3) is 0.579. The number of anilines is 2. The van der Waals surface area contributed by atoms with E-state index >= 15 is 0 Å². The standard InChI is InChI=1S/C19H26N4S/c1-14-13-24-19(20-14)22-18-8-4-7-17(21-18)15-9-11-23(12-10-15)16-5-2-3-6-16/h4,7-8,13,15-16H,2-3,5-6,9-12H2,1H3,(H,20,21,22). The molecule has 2 aromatic rings. The Labute approximate surface area is 148 Å². The van der Waals surface area contributed by atoms with Gasteiger partial charge in [-0.15, -0.1) is 11.3 Å². The summed E-state index contributed by atoms with van der Waals surface area (Å²) in [6.07, 6.45) is 8.16. The van der Waals surface area contributed by atoms with Crippen LogP contribution in [0.4, 0.5) is 10.9 Å². The molecule has 0 atom stereocenters. The molecule has 4 rings (SSSR count). The van der Waals surface area contributed by atoms with Crippen molar-refractivity contribution in [3.05, 3.63) is 35.0 Å². The topological polar surface area (TPSA) is 41.0 Å². The Hall–Kier alpha value is -1.46. The summed E-state index contributed by atoms with van der Waals surface area (Å²) in [6, 6.07) is 7.20. The highest BCUT2D eigenvalue weighted by Gasteiger charge is 2.28. The van der Waals surface area contributed by atoms with Crippen LogP contribution in [-0.2, 0) is 0 Å². The first-order chi connectivity index (χ1) is 11.8. The SMILES string of the molecule is Cc1csc(Nc2cccc(C3CCN(C4CCCC4)CC3)n2)n1. The van der Waals surface area contributed by atoms with E-state index in [1.807, 2.05) is 13.0 Å². The molecule has 128 valence electrons. The summed E-state index contributed by atoms with van der Waals surface area (Å²) in [7, 11) is 0. The molecule has 3 heterocycles. The van der Waals surface area contributed by atoms with Crippen molar-refractivity contribution in [1.82, 2.24) is 14.9 Å². The van der Waals surface area contributed by atoms with Crippen molar-refractivity contribution in [2.45, 2.75) is 57.4 Å². The van der Waals surface area contributed by atoms with Crippen molar-refractivity contribution in [1.29, 1.82) is 0 Å². The van der Waals surface area contributed by atoms with Gasteiger partial charge in [0.2, 0.25) is 0 Å². The Balaban J connectivity index is 1.39. The number of aromatic nitrogens is 2. The maximum absolute atomic E-state index is 4.86. The molecule has 0 aromatic carbocycles. The zero-order valence-corrected chi connectivity index (χ0v) is 15.2. The number of nitrogens with zero attached hydrogens (tertiary/aromatic N) is 3. The fourth-order valence-electron chi connectivity index (χ4n) is 4.10. The zero-order valence-electron chi connectivity index (χ0n) is 14.4. The van der Waals surface area contributed by atoms with Gasteiger partial charge in [0, 0.05) is 23.0 Å². The summed E-state index contributed by atoms with van der Waals surface area (Å²) in [5.74, 6) is 1.52. The van der Waals surface area contributed by atoms with Crippen LogP contribution in [0.2, 0.25) is 0 Å².